The Morgan fingerprint density at radius 1 is 1.28 bits per heavy atom. The molecule has 0 amide bonds. The third-order valence-corrected chi connectivity index (χ3v) is 2.99. The van der Waals surface area contributed by atoms with Crippen LogP contribution in [0.3, 0.4) is 0 Å². The van der Waals surface area contributed by atoms with Crippen molar-refractivity contribution in [2.24, 2.45) is 5.92 Å². The second-order valence-electron chi connectivity index (χ2n) is 5.20. The minimum Gasteiger partial charge on any atom is -0.474 e. The summed E-state index contributed by atoms with van der Waals surface area (Å²) in [5, 5.41) is 3.40. The number of aryl methyl sites for hydroxylation is 1. The van der Waals surface area contributed by atoms with E-state index < -0.39 is 0 Å². The van der Waals surface area contributed by atoms with Gasteiger partial charge >= 0.3 is 0 Å². The Kier molecular flexibility index (Phi) is 6.13. The van der Waals surface area contributed by atoms with Crippen LogP contribution in [0.2, 0.25) is 0 Å². The zero-order chi connectivity index (χ0) is 13.5. The molecule has 0 aliphatic rings. The Balaban J connectivity index is 2.68. The number of rotatable bonds is 7. The first-order valence-electron chi connectivity index (χ1n) is 6.87. The quantitative estimate of drug-likeness (QED) is 0.754. The van der Waals surface area contributed by atoms with Gasteiger partial charge in [0.2, 0.25) is 5.88 Å². The lowest BCUT2D eigenvalue weighted by Gasteiger charge is -2.18. The molecular formula is C15H26N2O. The van der Waals surface area contributed by atoms with Crippen molar-refractivity contribution in [1.82, 2.24) is 10.3 Å². The van der Waals surface area contributed by atoms with Gasteiger partial charge in [-0.1, -0.05) is 20.8 Å². The van der Waals surface area contributed by atoms with Gasteiger partial charge < -0.3 is 10.1 Å². The van der Waals surface area contributed by atoms with E-state index in [9.17, 15) is 0 Å². The summed E-state index contributed by atoms with van der Waals surface area (Å²) >= 11 is 0. The number of nitrogens with zero attached hydrogens (tertiary/aromatic N) is 1. The Morgan fingerprint density at radius 3 is 2.61 bits per heavy atom. The van der Waals surface area contributed by atoms with E-state index in [1.807, 2.05) is 13.0 Å². The van der Waals surface area contributed by atoms with Crippen LogP contribution in [-0.2, 0) is 6.54 Å². The predicted octanol–water partition coefficient (Wildman–Crippen LogP) is 3.31. The second kappa shape index (κ2) is 7.37. The molecule has 1 atom stereocenters. The summed E-state index contributed by atoms with van der Waals surface area (Å²) in [4.78, 5) is 4.43. The van der Waals surface area contributed by atoms with Crippen molar-refractivity contribution < 1.29 is 4.74 Å². The fraction of sp³-hybridized carbons (Fsp3) is 0.667. The molecule has 102 valence electrons. The van der Waals surface area contributed by atoms with Crippen molar-refractivity contribution in [3.63, 3.8) is 0 Å². The van der Waals surface area contributed by atoms with Crippen LogP contribution in [-0.4, -0.2) is 17.6 Å². The number of ether oxygens (including phenoxy) is 1. The average molecular weight is 250 g/mol. The van der Waals surface area contributed by atoms with Gasteiger partial charge in [0.25, 0.3) is 0 Å². The normalized spacial score (nSPS) is 12.8. The Hall–Kier alpha value is -1.09. The highest BCUT2D eigenvalue weighted by atomic mass is 16.5. The molecule has 0 spiro atoms. The van der Waals surface area contributed by atoms with E-state index in [1.165, 1.54) is 5.56 Å². The fourth-order valence-corrected chi connectivity index (χ4v) is 1.61. The molecule has 1 aromatic heterocycles. The molecule has 0 aliphatic carbocycles. The van der Waals surface area contributed by atoms with Crippen molar-refractivity contribution in [3.05, 3.63) is 23.4 Å². The largest absolute Gasteiger partial charge is 0.474 e. The Labute approximate surface area is 111 Å². The maximum absolute atomic E-state index is 5.86. The van der Waals surface area contributed by atoms with Crippen molar-refractivity contribution in [2.75, 3.05) is 6.54 Å². The van der Waals surface area contributed by atoms with Crippen molar-refractivity contribution in [3.8, 4) is 5.88 Å². The topological polar surface area (TPSA) is 34.2 Å². The van der Waals surface area contributed by atoms with Gasteiger partial charge in [-0.2, -0.15) is 0 Å². The lowest BCUT2D eigenvalue weighted by atomic mass is 10.1. The highest BCUT2D eigenvalue weighted by Gasteiger charge is 2.10. The fourth-order valence-electron chi connectivity index (χ4n) is 1.61. The van der Waals surface area contributed by atoms with Crippen LogP contribution in [0.5, 0.6) is 5.88 Å². The SMILES string of the molecule is CCCNCc1cc(C)nc(OC(C)C(C)C)c1. The Bertz CT molecular complexity index is 364. The molecule has 3 heteroatoms. The van der Waals surface area contributed by atoms with Gasteiger partial charge in [-0.25, -0.2) is 4.98 Å². The van der Waals surface area contributed by atoms with E-state index in [2.05, 4.69) is 44.1 Å². The number of nitrogens with one attached hydrogen (secondary N) is 1. The smallest absolute Gasteiger partial charge is 0.214 e. The van der Waals surface area contributed by atoms with E-state index in [0.717, 1.165) is 31.1 Å². The average Bonchev–Trinajstić information content (AvgIpc) is 2.28. The molecule has 0 fully saturated rings. The third kappa shape index (κ3) is 5.05. The summed E-state index contributed by atoms with van der Waals surface area (Å²) in [5.41, 5.74) is 2.25. The molecule has 0 aromatic carbocycles. The van der Waals surface area contributed by atoms with Gasteiger partial charge in [-0.15, -0.1) is 0 Å². The van der Waals surface area contributed by atoms with Crippen LogP contribution in [0.25, 0.3) is 0 Å². The lowest BCUT2D eigenvalue weighted by molar-refractivity contribution is 0.163. The number of hydrogen-bond acceptors (Lipinski definition) is 3. The first-order chi connectivity index (χ1) is 8.52. The van der Waals surface area contributed by atoms with E-state index in [0.29, 0.717) is 5.92 Å². The van der Waals surface area contributed by atoms with E-state index in [-0.39, 0.29) is 6.10 Å². The minimum atomic E-state index is 0.191. The molecule has 3 nitrogen and oxygen atoms in total. The summed E-state index contributed by atoms with van der Waals surface area (Å²) in [6.07, 6.45) is 1.34. The van der Waals surface area contributed by atoms with Crippen molar-refractivity contribution in [2.45, 2.75) is 53.7 Å². The molecule has 1 unspecified atom stereocenters. The number of pyridine rings is 1. The summed E-state index contributed by atoms with van der Waals surface area (Å²) < 4.78 is 5.86. The van der Waals surface area contributed by atoms with Crippen LogP contribution >= 0.6 is 0 Å². The summed E-state index contributed by atoms with van der Waals surface area (Å²) in [6.45, 7) is 12.5. The maximum Gasteiger partial charge on any atom is 0.214 e. The van der Waals surface area contributed by atoms with Gasteiger partial charge in [0, 0.05) is 18.3 Å². The number of hydrogen-bond donors (Lipinski definition) is 1. The van der Waals surface area contributed by atoms with Crippen LogP contribution < -0.4 is 10.1 Å². The summed E-state index contributed by atoms with van der Waals surface area (Å²) in [5.74, 6) is 1.23. The number of aromatic nitrogens is 1. The molecular weight excluding hydrogens is 224 g/mol. The molecule has 0 bridgehead atoms. The standard InChI is InChI=1S/C15H26N2O/c1-6-7-16-10-14-8-12(4)17-15(9-14)18-13(5)11(2)3/h8-9,11,13,16H,6-7,10H2,1-5H3. The van der Waals surface area contributed by atoms with Crippen LogP contribution in [0.4, 0.5) is 0 Å². The van der Waals surface area contributed by atoms with E-state index in [4.69, 9.17) is 4.74 Å². The van der Waals surface area contributed by atoms with E-state index >= 15 is 0 Å². The molecule has 0 radical (unpaired) electrons. The lowest BCUT2D eigenvalue weighted by Crippen LogP contribution is -2.20. The molecule has 1 heterocycles. The molecule has 0 aliphatic heterocycles. The maximum atomic E-state index is 5.86. The minimum absolute atomic E-state index is 0.191. The molecule has 1 N–H and O–H groups in total. The molecule has 1 rings (SSSR count). The van der Waals surface area contributed by atoms with Gasteiger partial charge in [0.1, 0.15) is 0 Å². The van der Waals surface area contributed by atoms with Crippen LogP contribution in [0, 0.1) is 12.8 Å². The molecule has 18 heavy (non-hydrogen) atoms. The third-order valence-electron chi connectivity index (χ3n) is 2.99. The zero-order valence-electron chi connectivity index (χ0n) is 12.3. The highest BCUT2D eigenvalue weighted by molar-refractivity contribution is 5.24. The molecule has 0 saturated carbocycles. The first kappa shape index (κ1) is 15.0. The van der Waals surface area contributed by atoms with E-state index in [1.54, 1.807) is 0 Å². The molecule has 1 aromatic rings. The highest BCUT2D eigenvalue weighted by Crippen LogP contribution is 2.16. The van der Waals surface area contributed by atoms with Gasteiger partial charge in [-0.3, -0.25) is 0 Å². The van der Waals surface area contributed by atoms with Gasteiger partial charge in [0.15, 0.2) is 0 Å². The predicted molar refractivity (Wildman–Crippen MR) is 75.9 cm³/mol. The van der Waals surface area contributed by atoms with Crippen molar-refractivity contribution >= 4 is 0 Å². The van der Waals surface area contributed by atoms with Gasteiger partial charge in [0.05, 0.1) is 6.10 Å². The molecule has 0 saturated heterocycles. The zero-order valence-corrected chi connectivity index (χ0v) is 12.3. The summed E-state index contributed by atoms with van der Waals surface area (Å²) in [6, 6.07) is 4.14. The second-order valence-corrected chi connectivity index (χ2v) is 5.20. The Morgan fingerprint density at radius 2 is 2.00 bits per heavy atom. The van der Waals surface area contributed by atoms with Crippen molar-refractivity contribution in [1.29, 1.82) is 0 Å². The monoisotopic (exact) mass is 250 g/mol. The first-order valence-corrected chi connectivity index (χ1v) is 6.87. The van der Waals surface area contributed by atoms with Crippen LogP contribution in [0.1, 0.15) is 45.4 Å². The van der Waals surface area contributed by atoms with Crippen LogP contribution in [0.15, 0.2) is 12.1 Å². The summed E-state index contributed by atoms with van der Waals surface area (Å²) in [7, 11) is 0. The van der Waals surface area contributed by atoms with Gasteiger partial charge in [-0.05, 0) is 44.4 Å².